The summed E-state index contributed by atoms with van der Waals surface area (Å²) < 4.78 is 5.14. The van der Waals surface area contributed by atoms with Crippen LogP contribution in [0.5, 0.6) is 0 Å². The molecule has 1 aliphatic heterocycles. The van der Waals surface area contributed by atoms with E-state index >= 15 is 0 Å². The van der Waals surface area contributed by atoms with Gasteiger partial charge in [-0.2, -0.15) is 0 Å². The van der Waals surface area contributed by atoms with E-state index in [1.807, 2.05) is 56.3 Å². The molecule has 3 aromatic rings. The predicted molar refractivity (Wildman–Crippen MR) is 131 cm³/mol. The summed E-state index contributed by atoms with van der Waals surface area (Å²) in [5.41, 5.74) is 3.12. The summed E-state index contributed by atoms with van der Waals surface area (Å²) in [6.45, 7) is 3.49. The van der Waals surface area contributed by atoms with E-state index in [-0.39, 0.29) is 42.2 Å². The van der Waals surface area contributed by atoms with E-state index in [9.17, 15) is 19.2 Å². The average Bonchev–Trinajstić information content (AvgIpc) is 3.15. The highest BCUT2D eigenvalue weighted by Gasteiger charge is 2.40. The third-order valence-electron chi connectivity index (χ3n) is 5.97. The first-order valence-electron chi connectivity index (χ1n) is 11.4. The number of esters is 1. The molecule has 2 unspecified atom stereocenters. The molecule has 7 heteroatoms. The van der Waals surface area contributed by atoms with Crippen LogP contribution in [0.15, 0.2) is 78.9 Å². The standard InChI is InChI=1S/C28H26N2O5/c1-18-8-10-21(11-9-18)25(31)17-35-28(34)22-12-14-23(15-13-22)30-26(32)16-24(27(30)33)29-19(2)20-6-4-3-5-7-20/h3-15,19,24,29H,16-17H2,1-2H3. The largest absolute Gasteiger partial charge is 0.454 e. The molecular formula is C28H26N2O5. The number of aryl methyl sites for hydroxylation is 1. The monoisotopic (exact) mass is 470 g/mol. The summed E-state index contributed by atoms with van der Waals surface area (Å²) in [6.07, 6.45) is 0.0565. The third-order valence-corrected chi connectivity index (χ3v) is 5.97. The summed E-state index contributed by atoms with van der Waals surface area (Å²) in [7, 11) is 0. The number of imide groups is 1. The molecule has 0 aliphatic carbocycles. The number of ether oxygens (including phenoxy) is 1. The second kappa shape index (κ2) is 10.4. The van der Waals surface area contributed by atoms with Crippen molar-refractivity contribution in [1.29, 1.82) is 0 Å². The third kappa shape index (κ3) is 5.53. The lowest BCUT2D eigenvalue weighted by molar-refractivity contribution is -0.121. The normalized spacial score (nSPS) is 16.3. The van der Waals surface area contributed by atoms with Gasteiger partial charge in [-0.25, -0.2) is 9.69 Å². The molecule has 1 heterocycles. The van der Waals surface area contributed by atoms with Crippen molar-refractivity contribution in [2.75, 3.05) is 11.5 Å². The van der Waals surface area contributed by atoms with Crippen LogP contribution in [0.2, 0.25) is 0 Å². The number of rotatable bonds is 8. The molecular weight excluding hydrogens is 444 g/mol. The van der Waals surface area contributed by atoms with Crippen LogP contribution < -0.4 is 10.2 Å². The van der Waals surface area contributed by atoms with Crippen molar-refractivity contribution in [3.8, 4) is 0 Å². The fourth-order valence-electron chi connectivity index (χ4n) is 3.96. The molecule has 0 spiro atoms. The van der Waals surface area contributed by atoms with E-state index in [0.717, 1.165) is 16.0 Å². The van der Waals surface area contributed by atoms with Crippen LogP contribution in [-0.2, 0) is 14.3 Å². The zero-order valence-corrected chi connectivity index (χ0v) is 19.6. The number of ketones is 1. The first kappa shape index (κ1) is 24.0. The second-order valence-corrected chi connectivity index (χ2v) is 8.54. The van der Waals surface area contributed by atoms with Gasteiger partial charge in [-0.1, -0.05) is 60.2 Å². The van der Waals surface area contributed by atoms with Crippen LogP contribution in [0.3, 0.4) is 0 Å². The molecule has 1 saturated heterocycles. The van der Waals surface area contributed by atoms with Gasteiger partial charge in [0.25, 0.3) is 5.91 Å². The smallest absolute Gasteiger partial charge is 0.338 e. The fourth-order valence-corrected chi connectivity index (χ4v) is 3.96. The Balaban J connectivity index is 1.36. The van der Waals surface area contributed by atoms with Crippen molar-refractivity contribution in [2.24, 2.45) is 0 Å². The molecule has 0 radical (unpaired) electrons. The highest BCUT2D eigenvalue weighted by molar-refractivity contribution is 6.22. The van der Waals surface area contributed by atoms with Gasteiger partial charge in [0.1, 0.15) is 0 Å². The van der Waals surface area contributed by atoms with Crippen molar-refractivity contribution in [1.82, 2.24) is 5.32 Å². The molecule has 3 aromatic carbocycles. The molecule has 178 valence electrons. The average molecular weight is 471 g/mol. The van der Waals surface area contributed by atoms with Crippen LogP contribution in [0.4, 0.5) is 5.69 Å². The number of amides is 2. The number of carbonyl (C=O) groups is 4. The quantitative estimate of drug-likeness (QED) is 0.304. The van der Waals surface area contributed by atoms with Gasteiger partial charge < -0.3 is 4.74 Å². The Morgan fingerprint density at radius 2 is 1.57 bits per heavy atom. The Labute approximate surface area is 203 Å². The maximum absolute atomic E-state index is 12.9. The Morgan fingerprint density at radius 3 is 2.23 bits per heavy atom. The Hall–Kier alpha value is -4.10. The molecule has 35 heavy (non-hydrogen) atoms. The van der Waals surface area contributed by atoms with Gasteiger partial charge >= 0.3 is 5.97 Å². The molecule has 2 atom stereocenters. The minimum absolute atomic E-state index is 0.0565. The lowest BCUT2D eigenvalue weighted by atomic mass is 10.1. The van der Waals surface area contributed by atoms with Crippen LogP contribution >= 0.6 is 0 Å². The molecule has 1 N–H and O–H groups in total. The molecule has 1 aliphatic rings. The van der Waals surface area contributed by atoms with Crippen molar-refractivity contribution in [2.45, 2.75) is 32.4 Å². The number of hydrogen-bond donors (Lipinski definition) is 1. The summed E-state index contributed by atoms with van der Waals surface area (Å²) >= 11 is 0. The van der Waals surface area contributed by atoms with Gasteiger partial charge in [0, 0.05) is 11.6 Å². The number of Topliss-reactive ketones (excluding diaryl/α,β-unsaturated/α-hetero) is 1. The molecule has 1 fully saturated rings. The SMILES string of the molecule is Cc1ccc(C(=O)COC(=O)c2ccc(N3C(=O)CC(NC(C)c4ccccc4)C3=O)cc2)cc1. The maximum atomic E-state index is 12.9. The van der Waals surface area contributed by atoms with Gasteiger partial charge in [0.15, 0.2) is 12.4 Å². The van der Waals surface area contributed by atoms with Crippen LogP contribution in [0.25, 0.3) is 0 Å². The van der Waals surface area contributed by atoms with Gasteiger partial charge in [-0.3, -0.25) is 19.7 Å². The number of carbonyl (C=O) groups excluding carboxylic acids is 4. The van der Waals surface area contributed by atoms with Crippen molar-refractivity contribution < 1.29 is 23.9 Å². The van der Waals surface area contributed by atoms with E-state index in [1.54, 1.807) is 12.1 Å². The molecule has 0 saturated carbocycles. The van der Waals surface area contributed by atoms with E-state index < -0.39 is 12.0 Å². The topological polar surface area (TPSA) is 92.8 Å². The fraction of sp³-hybridized carbons (Fsp3) is 0.214. The van der Waals surface area contributed by atoms with Crippen LogP contribution in [0.1, 0.15) is 51.2 Å². The predicted octanol–water partition coefficient (Wildman–Crippen LogP) is 4.02. The summed E-state index contributed by atoms with van der Waals surface area (Å²) in [5, 5.41) is 3.23. The molecule has 7 nitrogen and oxygen atoms in total. The lowest BCUT2D eigenvalue weighted by Crippen LogP contribution is -2.40. The zero-order valence-electron chi connectivity index (χ0n) is 19.6. The van der Waals surface area contributed by atoms with Gasteiger partial charge in [-0.15, -0.1) is 0 Å². The van der Waals surface area contributed by atoms with E-state index in [0.29, 0.717) is 11.3 Å². The summed E-state index contributed by atoms with van der Waals surface area (Å²) in [6, 6.07) is 22.0. The van der Waals surface area contributed by atoms with Gasteiger partial charge in [0.05, 0.1) is 23.7 Å². The molecule has 2 amide bonds. The van der Waals surface area contributed by atoms with Gasteiger partial charge in [0.2, 0.25) is 5.91 Å². The lowest BCUT2D eigenvalue weighted by Gasteiger charge is -2.19. The van der Waals surface area contributed by atoms with Crippen molar-refractivity contribution >= 4 is 29.3 Å². The van der Waals surface area contributed by atoms with Crippen molar-refractivity contribution in [3.63, 3.8) is 0 Å². The Kier molecular flexibility index (Phi) is 7.17. The van der Waals surface area contributed by atoms with Crippen molar-refractivity contribution in [3.05, 3.63) is 101 Å². The minimum atomic E-state index is -0.660. The van der Waals surface area contributed by atoms with Crippen LogP contribution in [0, 0.1) is 6.92 Å². The van der Waals surface area contributed by atoms with Gasteiger partial charge in [-0.05, 0) is 43.7 Å². The van der Waals surface area contributed by atoms with E-state index in [2.05, 4.69) is 5.32 Å². The molecule has 0 aromatic heterocycles. The first-order valence-corrected chi connectivity index (χ1v) is 11.4. The maximum Gasteiger partial charge on any atom is 0.338 e. The first-order chi connectivity index (χ1) is 16.8. The highest BCUT2D eigenvalue weighted by atomic mass is 16.5. The number of benzene rings is 3. The molecule has 0 bridgehead atoms. The summed E-state index contributed by atoms with van der Waals surface area (Å²) in [4.78, 5) is 51.3. The Bertz CT molecular complexity index is 1240. The highest BCUT2D eigenvalue weighted by Crippen LogP contribution is 2.25. The van der Waals surface area contributed by atoms with E-state index in [1.165, 1.54) is 24.3 Å². The number of nitrogens with zero attached hydrogens (tertiary/aromatic N) is 1. The molecule has 4 rings (SSSR count). The van der Waals surface area contributed by atoms with Crippen LogP contribution in [-0.4, -0.2) is 36.2 Å². The number of nitrogens with one attached hydrogen (secondary N) is 1. The zero-order chi connectivity index (χ0) is 24.9. The number of hydrogen-bond acceptors (Lipinski definition) is 6. The summed E-state index contributed by atoms with van der Waals surface area (Å²) in [5.74, 6) is -1.61. The number of anilines is 1. The Morgan fingerprint density at radius 1 is 0.943 bits per heavy atom. The minimum Gasteiger partial charge on any atom is -0.454 e. The van der Waals surface area contributed by atoms with E-state index in [4.69, 9.17) is 4.74 Å². The second-order valence-electron chi connectivity index (χ2n) is 8.54.